The van der Waals surface area contributed by atoms with E-state index in [1.165, 1.54) is 24.8 Å². The number of pyridine rings is 1. The molecule has 9 nitrogen and oxygen atoms in total. The van der Waals surface area contributed by atoms with Crippen LogP contribution in [0.3, 0.4) is 0 Å². The summed E-state index contributed by atoms with van der Waals surface area (Å²) in [6, 6.07) is 2.39. The first-order valence-electron chi connectivity index (χ1n) is 12.1. The largest absolute Gasteiger partial charge is 0.433 e. The van der Waals surface area contributed by atoms with Crippen LogP contribution in [0.25, 0.3) is 11.0 Å². The van der Waals surface area contributed by atoms with E-state index >= 15 is 4.39 Å². The van der Waals surface area contributed by atoms with Crippen LogP contribution in [0.1, 0.15) is 30.5 Å². The number of amides is 1. The molecule has 0 spiro atoms. The maximum Gasteiger partial charge on any atom is 0.433 e. The second-order valence-corrected chi connectivity index (χ2v) is 9.75. The van der Waals surface area contributed by atoms with Crippen molar-refractivity contribution in [2.75, 3.05) is 24.5 Å². The zero-order chi connectivity index (χ0) is 26.3. The van der Waals surface area contributed by atoms with Gasteiger partial charge in [-0.15, -0.1) is 0 Å². The number of primary amides is 1. The van der Waals surface area contributed by atoms with Gasteiger partial charge in [-0.2, -0.15) is 13.2 Å². The molecule has 2 atom stereocenters. The minimum atomic E-state index is -4.52. The van der Waals surface area contributed by atoms with E-state index in [2.05, 4.69) is 15.0 Å². The Morgan fingerprint density at radius 2 is 1.97 bits per heavy atom. The van der Waals surface area contributed by atoms with Crippen molar-refractivity contribution in [2.24, 2.45) is 11.7 Å². The van der Waals surface area contributed by atoms with Crippen molar-refractivity contribution in [1.82, 2.24) is 24.4 Å². The van der Waals surface area contributed by atoms with Crippen molar-refractivity contribution < 1.29 is 27.5 Å². The van der Waals surface area contributed by atoms with Crippen molar-refractivity contribution in [3.8, 4) is 0 Å². The average Bonchev–Trinajstić information content (AvgIpc) is 3.63. The molecule has 1 saturated heterocycles. The summed E-state index contributed by atoms with van der Waals surface area (Å²) in [7, 11) is 0. The lowest BCUT2D eigenvalue weighted by Gasteiger charge is -2.35. The number of likely N-dealkylation sites (tertiary alicyclic amines) is 1. The van der Waals surface area contributed by atoms with E-state index in [9.17, 15) is 23.1 Å². The van der Waals surface area contributed by atoms with Crippen molar-refractivity contribution in [3.63, 3.8) is 0 Å². The number of anilines is 1. The molecule has 0 aromatic carbocycles. The Kier molecular flexibility index (Phi) is 6.75. The molecule has 3 aromatic heterocycles. The Balaban J connectivity index is 1.38. The highest BCUT2D eigenvalue weighted by Gasteiger charge is 2.35. The number of aliphatic hydroxyl groups is 1. The molecular weight excluding hydrogens is 494 g/mol. The van der Waals surface area contributed by atoms with Crippen molar-refractivity contribution in [1.29, 1.82) is 0 Å². The second kappa shape index (κ2) is 9.86. The molecule has 1 saturated carbocycles. The van der Waals surface area contributed by atoms with Gasteiger partial charge in [0.1, 0.15) is 23.5 Å². The van der Waals surface area contributed by atoms with E-state index in [1.54, 1.807) is 9.47 Å². The van der Waals surface area contributed by atoms with Crippen LogP contribution >= 0.6 is 0 Å². The number of hydrogen-bond acceptors (Lipinski definition) is 7. The summed E-state index contributed by atoms with van der Waals surface area (Å²) in [4.78, 5) is 27.1. The van der Waals surface area contributed by atoms with Crippen molar-refractivity contribution in [2.45, 2.75) is 50.7 Å². The van der Waals surface area contributed by atoms with Crippen LogP contribution in [0.4, 0.5) is 23.4 Å². The maximum atomic E-state index is 15.3. The standard InChI is InChI=1S/C24H27F4N7O2/c25-17-10-34(9-15-5-6-33(11-18(15)36)12-20(29)37)22-21(17)23(32-13-31-22)35(16-2-3-16)8-14-1-4-19(30-7-14)24(26,27)28/h1,4,7,10,13,15-16,18,36H,2-3,5-6,8-9,11-12H2,(H2,29,37)/t15-,18+/m0/s1. The van der Waals surface area contributed by atoms with E-state index in [0.29, 0.717) is 43.1 Å². The maximum absolute atomic E-state index is 15.3. The predicted molar refractivity (Wildman–Crippen MR) is 126 cm³/mol. The summed E-state index contributed by atoms with van der Waals surface area (Å²) in [6.45, 7) is 1.51. The summed E-state index contributed by atoms with van der Waals surface area (Å²) < 4.78 is 55.7. The van der Waals surface area contributed by atoms with Crippen molar-refractivity contribution >= 4 is 22.8 Å². The molecule has 13 heteroatoms. The molecule has 1 amide bonds. The highest BCUT2D eigenvalue weighted by atomic mass is 19.4. The molecule has 2 aliphatic rings. The van der Waals surface area contributed by atoms with Crippen LogP contribution in [0.5, 0.6) is 0 Å². The number of nitrogens with two attached hydrogens (primary N) is 1. The third-order valence-electron chi connectivity index (χ3n) is 6.93. The number of halogens is 4. The lowest BCUT2D eigenvalue weighted by atomic mass is 9.93. The van der Waals surface area contributed by atoms with Crippen LogP contribution < -0.4 is 10.6 Å². The summed E-state index contributed by atoms with van der Waals surface area (Å²) >= 11 is 0. The van der Waals surface area contributed by atoms with Gasteiger partial charge >= 0.3 is 6.18 Å². The van der Waals surface area contributed by atoms with Crippen LogP contribution in [-0.4, -0.2) is 67.2 Å². The Labute approximate surface area is 209 Å². The van der Waals surface area contributed by atoms with E-state index in [1.807, 2.05) is 4.90 Å². The minimum absolute atomic E-state index is 0.0763. The molecule has 198 valence electrons. The summed E-state index contributed by atoms with van der Waals surface area (Å²) in [6.07, 6.45) is 0.954. The Morgan fingerprint density at radius 1 is 1.19 bits per heavy atom. The molecule has 1 aliphatic heterocycles. The van der Waals surface area contributed by atoms with Gasteiger partial charge in [-0.05, 0) is 37.4 Å². The van der Waals surface area contributed by atoms with Crippen LogP contribution in [0, 0.1) is 11.7 Å². The zero-order valence-corrected chi connectivity index (χ0v) is 19.9. The fourth-order valence-corrected chi connectivity index (χ4v) is 4.94. The molecule has 0 radical (unpaired) electrons. The first kappa shape index (κ1) is 25.3. The van der Waals surface area contributed by atoms with Gasteiger partial charge in [0.05, 0.1) is 18.0 Å². The fourth-order valence-electron chi connectivity index (χ4n) is 4.94. The summed E-state index contributed by atoms with van der Waals surface area (Å²) in [5.41, 5.74) is 5.22. The molecule has 3 N–H and O–H groups in total. The molecule has 0 bridgehead atoms. The van der Waals surface area contributed by atoms with Crippen LogP contribution in [-0.2, 0) is 24.1 Å². The Morgan fingerprint density at radius 3 is 2.59 bits per heavy atom. The topological polar surface area (TPSA) is 113 Å². The van der Waals surface area contributed by atoms with E-state index in [-0.39, 0.29) is 30.4 Å². The molecule has 5 rings (SSSR count). The lowest BCUT2D eigenvalue weighted by molar-refractivity contribution is -0.141. The van der Waals surface area contributed by atoms with Gasteiger partial charge in [0.15, 0.2) is 5.82 Å². The van der Waals surface area contributed by atoms with Crippen molar-refractivity contribution in [3.05, 3.63) is 47.9 Å². The third kappa shape index (κ3) is 5.52. The minimum Gasteiger partial charge on any atom is -0.391 e. The van der Waals surface area contributed by atoms with Gasteiger partial charge in [-0.25, -0.2) is 14.4 Å². The van der Waals surface area contributed by atoms with Gasteiger partial charge in [0.2, 0.25) is 5.91 Å². The number of rotatable bonds is 8. The summed E-state index contributed by atoms with van der Waals surface area (Å²) in [5, 5.41) is 10.9. The highest BCUT2D eigenvalue weighted by molar-refractivity contribution is 5.89. The zero-order valence-electron chi connectivity index (χ0n) is 19.9. The first-order valence-corrected chi connectivity index (χ1v) is 12.1. The predicted octanol–water partition coefficient (Wildman–Crippen LogP) is 2.32. The Hall–Kier alpha value is -3.32. The number of β-amino-alcohol motifs (C(OH)–C–C–N with tert-alkyl or cyclic N) is 1. The highest BCUT2D eigenvalue weighted by Crippen LogP contribution is 2.37. The fraction of sp³-hybridized carbons (Fsp3) is 0.500. The monoisotopic (exact) mass is 521 g/mol. The number of aliphatic hydroxyl groups excluding tert-OH is 1. The number of fused-ring (bicyclic) bond motifs is 1. The number of piperidine rings is 1. The molecule has 4 heterocycles. The first-order chi connectivity index (χ1) is 17.6. The summed E-state index contributed by atoms with van der Waals surface area (Å²) in [5.74, 6) is -0.765. The molecule has 37 heavy (non-hydrogen) atoms. The normalized spacial score (nSPS) is 20.9. The van der Waals surface area contributed by atoms with Crippen LogP contribution in [0.15, 0.2) is 30.9 Å². The number of carbonyl (C=O) groups is 1. The smallest absolute Gasteiger partial charge is 0.391 e. The van der Waals surface area contributed by atoms with Gasteiger partial charge in [-0.3, -0.25) is 14.7 Å². The number of hydrogen-bond donors (Lipinski definition) is 2. The van der Waals surface area contributed by atoms with E-state index < -0.39 is 29.7 Å². The SMILES string of the molecule is NC(=O)CN1CC[C@@H](Cn2cc(F)c3c(N(Cc4ccc(C(F)(F)F)nc4)C4CC4)ncnc32)[C@H](O)C1. The number of aromatic nitrogens is 4. The molecule has 3 aromatic rings. The number of alkyl halides is 3. The van der Waals surface area contributed by atoms with Gasteiger partial charge in [0.25, 0.3) is 0 Å². The number of carbonyl (C=O) groups excluding carboxylic acids is 1. The average molecular weight is 522 g/mol. The van der Waals surface area contributed by atoms with E-state index in [0.717, 1.165) is 18.9 Å². The molecule has 2 fully saturated rings. The lowest BCUT2D eigenvalue weighted by Crippen LogP contribution is -2.47. The van der Waals surface area contributed by atoms with Gasteiger partial charge < -0.3 is 20.3 Å². The Bertz CT molecular complexity index is 1280. The third-order valence-corrected chi connectivity index (χ3v) is 6.93. The van der Waals surface area contributed by atoms with Gasteiger partial charge in [0, 0.05) is 44.0 Å². The second-order valence-electron chi connectivity index (χ2n) is 9.75. The van der Waals surface area contributed by atoms with Gasteiger partial charge in [-0.1, -0.05) is 6.07 Å². The van der Waals surface area contributed by atoms with Crippen LogP contribution in [0.2, 0.25) is 0 Å². The molecular formula is C24H27F4N7O2. The number of nitrogens with zero attached hydrogens (tertiary/aromatic N) is 6. The molecule has 1 aliphatic carbocycles. The van der Waals surface area contributed by atoms with E-state index in [4.69, 9.17) is 5.73 Å². The molecule has 0 unspecified atom stereocenters. The quantitative estimate of drug-likeness (QED) is 0.438.